The molecule has 0 saturated carbocycles. The molecule has 3 rings (SSSR count). The number of aromatic nitrogens is 2. The van der Waals surface area contributed by atoms with Crippen molar-refractivity contribution in [1.29, 1.82) is 0 Å². The van der Waals surface area contributed by atoms with Crippen LogP contribution in [-0.2, 0) is 4.79 Å². The van der Waals surface area contributed by atoms with E-state index in [1.54, 1.807) is 0 Å². The normalized spacial score (nSPS) is 11.2. The molecule has 2 heterocycles. The molecule has 2 aromatic heterocycles. The molecule has 0 bridgehead atoms. The summed E-state index contributed by atoms with van der Waals surface area (Å²) in [5.41, 5.74) is 2.10. The number of carboxylic acids is 1. The molecule has 3 aromatic rings. The molecule has 0 aliphatic carbocycles. The Hall–Kier alpha value is -2.08. The Morgan fingerprint density at radius 3 is 3.00 bits per heavy atom. The maximum absolute atomic E-state index is 10.4. The fourth-order valence-electron chi connectivity index (χ4n) is 1.84. The first-order chi connectivity index (χ1) is 9.25. The van der Waals surface area contributed by atoms with E-state index in [1.807, 2.05) is 24.3 Å². The van der Waals surface area contributed by atoms with Gasteiger partial charge < -0.3 is 14.3 Å². The van der Waals surface area contributed by atoms with E-state index in [9.17, 15) is 9.90 Å². The lowest BCUT2D eigenvalue weighted by Crippen LogP contribution is -2.22. The molecule has 0 N–H and O–H groups in total. The van der Waals surface area contributed by atoms with Crippen molar-refractivity contribution in [1.82, 2.24) is 9.97 Å². The Morgan fingerprint density at radius 1 is 1.32 bits per heavy atom. The molecule has 0 aliphatic rings. The summed E-state index contributed by atoms with van der Waals surface area (Å²) in [6.45, 7) is 0. The number of nitrogens with zero attached hydrogens (tertiary/aromatic N) is 2. The van der Waals surface area contributed by atoms with E-state index >= 15 is 0 Å². The summed E-state index contributed by atoms with van der Waals surface area (Å²) < 4.78 is 5.73. The van der Waals surface area contributed by atoms with Crippen LogP contribution < -0.4 is 5.11 Å². The maximum Gasteiger partial charge on any atom is 0.186 e. The number of thioether (sulfide) groups is 1. The van der Waals surface area contributed by atoms with Crippen molar-refractivity contribution in [3.63, 3.8) is 0 Å². The van der Waals surface area contributed by atoms with Crippen LogP contribution in [-0.4, -0.2) is 21.7 Å². The summed E-state index contributed by atoms with van der Waals surface area (Å²) in [4.78, 5) is 18.8. The minimum Gasteiger partial charge on any atom is -0.550 e. The average Bonchev–Trinajstić information content (AvgIpc) is 2.78. The predicted molar refractivity (Wildman–Crippen MR) is 69.7 cm³/mol. The zero-order valence-electron chi connectivity index (χ0n) is 9.83. The summed E-state index contributed by atoms with van der Waals surface area (Å²) in [6.07, 6.45) is 1.45. The Kier molecular flexibility index (Phi) is 3.08. The molecule has 1 aromatic carbocycles. The van der Waals surface area contributed by atoms with Crippen LogP contribution in [0.15, 0.2) is 40.0 Å². The zero-order valence-corrected chi connectivity index (χ0v) is 10.6. The molecule has 19 heavy (non-hydrogen) atoms. The van der Waals surface area contributed by atoms with Gasteiger partial charge in [-0.15, -0.1) is 11.8 Å². The van der Waals surface area contributed by atoms with Crippen molar-refractivity contribution in [3.05, 3.63) is 30.6 Å². The van der Waals surface area contributed by atoms with Crippen molar-refractivity contribution in [3.8, 4) is 0 Å². The van der Waals surface area contributed by atoms with Crippen LogP contribution in [0.4, 0.5) is 0 Å². The summed E-state index contributed by atoms with van der Waals surface area (Å²) in [5, 5.41) is 12.0. The molecule has 0 atom stereocenters. The molecule has 5 nitrogen and oxygen atoms in total. The Balaban J connectivity index is 2.03. The third kappa shape index (κ3) is 2.26. The maximum atomic E-state index is 10.4. The van der Waals surface area contributed by atoms with Crippen LogP contribution >= 0.6 is 11.8 Å². The van der Waals surface area contributed by atoms with Gasteiger partial charge >= 0.3 is 0 Å². The highest BCUT2D eigenvalue weighted by Gasteiger charge is 2.12. The van der Waals surface area contributed by atoms with Gasteiger partial charge in [0.2, 0.25) is 0 Å². The van der Waals surface area contributed by atoms with Crippen LogP contribution in [0, 0.1) is 0 Å². The minimum absolute atomic E-state index is 0.0175. The highest BCUT2D eigenvalue weighted by atomic mass is 32.2. The molecule has 0 saturated heterocycles. The van der Waals surface area contributed by atoms with Gasteiger partial charge in [-0.3, -0.25) is 0 Å². The number of aliphatic carboxylic acids is 1. The number of para-hydroxylation sites is 1. The molecule has 0 aliphatic heterocycles. The number of carbonyl (C=O) groups excluding carboxylic acids is 1. The van der Waals surface area contributed by atoms with Gasteiger partial charge in [-0.2, -0.15) is 0 Å². The number of hydrogen-bond acceptors (Lipinski definition) is 6. The van der Waals surface area contributed by atoms with Gasteiger partial charge in [0.05, 0.1) is 0 Å². The zero-order chi connectivity index (χ0) is 13.2. The smallest absolute Gasteiger partial charge is 0.186 e. The number of fused-ring (bicyclic) bond motifs is 3. The lowest BCUT2D eigenvalue weighted by Gasteiger charge is -2.01. The second-order valence-electron chi connectivity index (χ2n) is 3.93. The molecule has 0 radical (unpaired) electrons. The predicted octanol–water partition coefficient (Wildman–Crippen LogP) is 1.61. The van der Waals surface area contributed by atoms with Gasteiger partial charge in [0.25, 0.3) is 0 Å². The summed E-state index contributed by atoms with van der Waals surface area (Å²) in [5.74, 6) is -0.673. The van der Waals surface area contributed by atoms with Gasteiger partial charge in [0.15, 0.2) is 5.58 Å². The second kappa shape index (κ2) is 4.89. The molecular weight excluding hydrogens is 264 g/mol. The van der Waals surface area contributed by atoms with Crippen LogP contribution in [0.5, 0.6) is 0 Å². The molecule has 6 heteroatoms. The van der Waals surface area contributed by atoms with Crippen molar-refractivity contribution < 1.29 is 14.3 Å². The first-order valence-corrected chi connectivity index (χ1v) is 6.69. The number of carbonyl (C=O) groups is 1. The van der Waals surface area contributed by atoms with E-state index < -0.39 is 5.97 Å². The fourth-order valence-corrected chi connectivity index (χ4v) is 2.69. The quantitative estimate of drug-likeness (QED) is 0.530. The highest BCUT2D eigenvalue weighted by molar-refractivity contribution is 7.99. The minimum atomic E-state index is -1.07. The van der Waals surface area contributed by atoms with Crippen LogP contribution in [0.2, 0.25) is 0 Å². The first kappa shape index (κ1) is 12.0. The third-order valence-electron chi connectivity index (χ3n) is 2.67. The summed E-state index contributed by atoms with van der Waals surface area (Å²) >= 11 is 1.33. The van der Waals surface area contributed by atoms with Crippen LogP contribution in [0.3, 0.4) is 0 Å². The average molecular weight is 273 g/mol. The van der Waals surface area contributed by atoms with Crippen LogP contribution in [0.25, 0.3) is 22.1 Å². The monoisotopic (exact) mass is 273 g/mol. The number of carboxylic acid groups (broad SMARTS) is 1. The third-order valence-corrected chi connectivity index (χ3v) is 3.64. The molecule has 0 unspecified atom stereocenters. The van der Waals surface area contributed by atoms with Gasteiger partial charge in [0, 0.05) is 17.1 Å². The Morgan fingerprint density at radius 2 is 2.16 bits per heavy atom. The van der Waals surface area contributed by atoms with Gasteiger partial charge in [-0.1, -0.05) is 12.1 Å². The molecule has 0 fully saturated rings. The van der Waals surface area contributed by atoms with Gasteiger partial charge in [-0.25, -0.2) is 9.97 Å². The number of benzene rings is 1. The summed E-state index contributed by atoms with van der Waals surface area (Å²) in [7, 11) is 0. The first-order valence-electron chi connectivity index (χ1n) is 5.70. The topological polar surface area (TPSA) is 79.0 Å². The lowest BCUT2D eigenvalue weighted by molar-refractivity contribution is -0.305. The standard InChI is InChI=1S/C13H10N2O3S/c16-10(17)5-6-19-13-12-11(14-7-15-13)8-3-1-2-4-9(8)18-12/h1-4,7H,5-6H2,(H,16,17)/p-1. The van der Waals surface area contributed by atoms with E-state index in [1.165, 1.54) is 18.1 Å². The van der Waals surface area contributed by atoms with E-state index in [0.717, 1.165) is 16.5 Å². The van der Waals surface area contributed by atoms with E-state index in [-0.39, 0.29) is 6.42 Å². The summed E-state index contributed by atoms with van der Waals surface area (Å²) in [6, 6.07) is 7.61. The van der Waals surface area contributed by atoms with Gasteiger partial charge in [-0.05, 0) is 18.6 Å². The van der Waals surface area contributed by atoms with Gasteiger partial charge in [0.1, 0.15) is 22.5 Å². The fraction of sp³-hybridized carbons (Fsp3) is 0.154. The molecular formula is C13H9N2O3S-. The number of furan rings is 1. The Labute approximate surface area is 112 Å². The lowest BCUT2D eigenvalue weighted by atomic mass is 10.2. The highest BCUT2D eigenvalue weighted by Crippen LogP contribution is 2.32. The molecule has 0 spiro atoms. The van der Waals surface area contributed by atoms with Crippen LogP contribution in [0.1, 0.15) is 6.42 Å². The molecule has 0 amide bonds. The van der Waals surface area contributed by atoms with Crippen molar-refractivity contribution in [2.75, 3.05) is 5.75 Å². The molecule has 96 valence electrons. The largest absolute Gasteiger partial charge is 0.550 e. The SMILES string of the molecule is O=C([O-])CCSc1ncnc2c1oc1ccccc12. The second-order valence-corrected chi connectivity index (χ2v) is 5.01. The number of hydrogen-bond donors (Lipinski definition) is 0. The van der Waals surface area contributed by atoms with Crippen molar-refractivity contribution >= 4 is 39.8 Å². The van der Waals surface area contributed by atoms with E-state index in [4.69, 9.17) is 4.42 Å². The Bertz CT molecular complexity index is 754. The van der Waals surface area contributed by atoms with Crippen molar-refractivity contribution in [2.45, 2.75) is 11.4 Å². The van der Waals surface area contributed by atoms with E-state index in [2.05, 4.69) is 9.97 Å². The number of rotatable bonds is 4. The van der Waals surface area contributed by atoms with E-state index in [0.29, 0.717) is 16.4 Å². The van der Waals surface area contributed by atoms with Crippen molar-refractivity contribution in [2.24, 2.45) is 0 Å².